The quantitative estimate of drug-likeness (QED) is 0.0265. The summed E-state index contributed by atoms with van der Waals surface area (Å²) in [5, 5.41) is 0. The zero-order chi connectivity index (χ0) is 41.5. The van der Waals surface area contributed by atoms with Crippen LogP contribution < -0.4 is 0 Å². The molecule has 1 unspecified atom stereocenters. The highest BCUT2D eigenvalue weighted by Crippen LogP contribution is 2.13. The van der Waals surface area contributed by atoms with E-state index < -0.39 is 6.10 Å². The van der Waals surface area contributed by atoms with Crippen molar-refractivity contribution in [3.05, 3.63) is 72.9 Å². The molecular weight excluding hydrogens is 709 g/mol. The summed E-state index contributed by atoms with van der Waals surface area (Å²) < 4.78 is 16.7. The number of allylic oxidation sites excluding steroid dienone is 12. The van der Waals surface area contributed by atoms with Gasteiger partial charge in [0, 0.05) is 19.3 Å². The van der Waals surface area contributed by atoms with Crippen molar-refractivity contribution in [1.29, 1.82) is 0 Å². The summed E-state index contributed by atoms with van der Waals surface area (Å²) >= 11 is 0. The third-order valence-electron chi connectivity index (χ3n) is 9.66. The van der Waals surface area contributed by atoms with Crippen LogP contribution in [0.3, 0.4) is 0 Å². The Kier molecular flexibility index (Phi) is 43.0. The molecule has 6 heteroatoms. The molecule has 0 aliphatic carbocycles. The molecule has 0 radical (unpaired) electrons. The number of rotatable bonds is 41. The van der Waals surface area contributed by atoms with Crippen molar-refractivity contribution in [2.45, 2.75) is 219 Å². The average Bonchev–Trinajstić information content (AvgIpc) is 3.21. The Balaban J connectivity index is 4.42. The number of hydrogen-bond acceptors (Lipinski definition) is 6. The van der Waals surface area contributed by atoms with Crippen molar-refractivity contribution in [3.63, 3.8) is 0 Å². The molecule has 0 aromatic carbocycles. The van der Waals surface area contributed by atoms with Gasteiger partial charge in [0.05, 0.1) is 0 Å². The van der Waals surface area contributed by atoms with E-state index >= 15 is 0 Å². The molecule has 0 rings (SSSR count). The molecule has 326 valence electrons. The maximum absolute atomic E-state index is 12.7. The zero-order valence-corrected chi connectivity index (χ0v) is 37.1. The maximum Gasteiger partial charge on any atom is 0.306 e. The Bertz CT molecular complexity index is 1100. The molecule has 0 aromatic rings. The molecule has 0 saturated heterocycles. The van der Waals surface area contributed by atoms with Crippen LogP contribution in [0.5, 0.6) is 0 Å². The molecule has 1 atom stereocenters. The first kappa shape index (κ1) is 53.9. The summed E-state index contributed by atoms with van der Waals surface area (Å²) in [7, 11) is 0. The summed E-state index contributed by atoms with van der Waals surface area (Å²) in [6.45, 7) is 6.38. The fourth-order valence-electron chi connectivity index (χ4n) is 6.11. The summed E-state index contributed by atoms with van der Waals surface area (Å²) in [5.41, 5.74) is 0. The summed E-state index contributed by atoms with van der Waals surface area (Å²) in [5.74, 6) is -0.966. The van der Waals surface area contributed by atoms with Crippen LogP contribution in [0.1, 0.15) is 213 Å². The van der Waals surface area contributed by atoms with Crippen molar-refractivity contribution < 1.29 is 28.6 Å². The van der Waals surface area contributed by atoms with Gasteiger partial charge < -0.3 is 14.2 Å². The van der Waals surface area contributed by atoms with Gasteiger partial charge in [0.2, 0.25) is 0 Å². The first-order valence-corrected chi connectivity index (χ1v) is 23.4. The fourth-order valence-corrected chi connectivity index (χ4v) is 6.11. The Labute approximate surface area is 351 Å². The monoisotopic (exact) mass is 795 g/mol. The lowest BCUT2D eigenvalue weighted by molar-refractivity contribution is -0.167. The molecule has 0 saturated carbocycles. The summed E-state index contributed by atoms with van der Waals surface area (Å²) in [6.07, 6.45) is 56.0. The van der Waals surface area contributed by atoms with Gasteiger partial charge in [-0.1, -0.05) is 164 Å². The van der Waals surface area contributed by atoms with E-state index in [2.05, 4.69) is 93.7 Å². The van der Waals surface area contributed by atoms with Crippen molar-refractivity contribution >= 4 is 17.9 Å². The largest absolute Gasteiger partial charge is 0.462 e. The van der Waals surface area contributed by atoms with Crippen LogP contribution in [0.25, 0.3) is 0 Å². The topological polar surface area (TPSA) is 78.9 Å². The van der Waals surface area contributed by atoms with E-state index in [-0.39, 0.29) is 37.5 Å². The second-order valence-corrected chi connectivity index (χ2v) is 15.3. The highest BCUT2D eigenvalue weighted by atomic mass is 16.6. The second-order valence-electron chi connectivity index (χ2n) is 15.3. The normalized spacial score (nSPS) is 12.7. The van der Waals surface area contributed by atoms with E-state index in [1.807, 2.05) is 0 Å². The third kappa shape index (κ3) is 43.8. The van der Waals surface area contributed by atoms with Crippen LogP contribution in [-0.4, -0.2) is 37.2 Å². The lowest BCUT2D eigenvalue weighted by Crippen LogP contribution is -2.30. The Morgan fingerprint density at radius 1 is 0.368 bits per heavy atom. The Morgan fingerprint density at radius 2 is 0.702 bits per heavy atom. The Morgan fingerprint density at radius 3 is 1.18 bits per heavy atom. The van der Waals surface area contributed by atoms with Gasteiger partial charge in [-0.2, -0.15) is 0 Å². The highest BCUT2D eigenvalue weighted by Gasteiger charge is 2.19. The molecule has 6 nitrogen and oxygen atoms in total. The lowest BCUT2D eigenvalue weighted by Gasteiger charge is -2.18. The van der Waals surface area contributed by atoms with Crippen molar-refractivity contribution in [2.75, 3.05) is 13.2 Å². The van der Waals surface area contributed by atoms with Gasteiger partial charge in [0.1, 0.15) is 13.2 Å². The summed E-state index contributed by atoms with van der Waals surface area (Å²) in [6, 6.07) is 0. The number of carbonyl (C=O) groups excluding carboxylic acids is 3. The highest BCUT2D eigenvalue weighted by molar-refractivity contribution is 5.71. The van der Waals surface area contributed by atoms with Gasteiger partial charge in [0.25, 0.3) is 0 Å². The van der Waals surface area contributed by atoms with Crippen LogP contribution in [0.2, 0.25) is 0 Å². The van der Waals surface area contributed by atoms with Crippen LogP contribution in [0.15, 0.2) is 72.9 Å². The van der Waals surface area contributed by atoms with E-state index in [0.717, 1.165) is 103 Å². The van der Waals surface area contributed by atoms with Gasteiger partial charge in [-0.3, -0.25) is 14.4 Å². The third-order valence-corrected chi connectivity index (χ3v) is 9.66. The fraction of sp³-hybridized carbons (Fsp3) is 0.706. The van der Waals surface area contributed by atoms with Crippen molar-refractivity contribution in [2.24, 2.45) is 0 Å². The summed E-state index contributed by atoms with van der Waals surface area (Å²) in [4.78, 5) is 37.7. The number of unbranched alkanes of at least 4 members (excludes halogenated alkanes) is 18. The van der Waals surface area contributed by atoms with Crippen LogP contribution >= 0.6 is 0 Å². The predicted molar refractivity (Wildman–Crippen MR) is 242 cm³/mol. The van der Waals surface area contributed by atoms with Gasteiger partial charge in [-0.15, -0.1) is 0 Å². The Hall–Kier alpha value is -3.15. The zero-order valence-electron chi connectivity index (χ0n) is 37.1. The second kappa shape index (κ2) is 45.6. The molecule has 0 spiro atoms. The maximum atomic E-state index is 12.7. The molecule has 0 aromatic heterocycles. The molecule has 0 bridgehead atoms. The van der Waals surface area contributed by atoms with E-state index in [1.165, 1.54) is 64.2 Å². The van der Waals surface area contributed by atoms with Gasteiger partial charge >= 0.3 is 17.9 Å². The first-order chi connectivity index (χ1) is 28.0. The lowest BCUT2D eigenvalue weighted by atomic mass is 10.1. The molecule has 0 heterocycles. The number of carbonyl (C=O) groups is 3. The number of hydrogen-bond donors (Lipinski definition) is 0. The van der Waals surface area contributed by atoms with Gasteiger partial charge in [-0.05, 0) is 103 Å². The molecule has 0 aliphatic heterocycles. The molecular formula is C51H86O6. The molecule has 57 heavy (non-hydrogen) atoms. The minimum Gasteiger partial charge on any atom is -0.462 e. The van der Waals surface area contributed by atoms with Crippen LogP contribution in [-0.2, 0) is 28.6 Å². The number of esters is 3. The molecule has 0 amide bonds. The minimum absolute atomic E-state index is 0.0994. The predicted octanol–water partition coefficient (Wildman–Crippen LogP) is 15.1. The smallest absolute Gasteiger partial charge is 0.306 e. The van der Waals surface area contributed by atoms with Crippen molar-refractivity contribution in [3.8, 4) is 0 Å². The average molecular weight is 795 g/mol. The molecule has 0 fully saturated rings. The van der Waals surface area contributed by atoms with E-state index in [0.29, 0.717) is 19.3 Å². The van der Waals surface area contributed by atoms with Gasteiger partial charge in [-0.25, -0.2) is 0 Å². The van der Waals surface area contributed by atoms with E-state index in [9.17, 15) is 14.4 Å². The molecule has 0 N–H and O–H groups in total. The van der Waals surface area contributed by atoms with Gasteiger partial charge in [0.15, 0.2) is 6.10 Å². The SMILES string of the molecule is CC/C=C\C/C=C\C/C=C\CCCCC(=O)OC(COC(=O)CCCCCC/C=C\CCCC)COC(=O)CCCCCCCCC/C=C\C/C=C\CCCCC. The standard InChI is InChI=1S/C51H86O6/c1-4-7-10-13-16-19-22-24-25-26-27-28-30-32-35-38-41-44-50(53)56-47-48(46-55-49(52)43-40-37-34-31-21-18-15-12-9-6-3)57-51(54)45-42-39-36-33-29-23-20-17-14-11-8-5-2/h8,11,15-20,24-25,29,33,48H,4-7,9-10,12-14,21-23,26-28,30-32,34-47H2,1-3H3/b11-8-,18-15-,19-16-,20-17-,25-24-,33-29-. The van der Waals surface area contributed by atoms with E-state index in [1.54, 1.807) is 0 Å². The first-order valence-electron chi connectivity index (χ1n) is 23.4. The van der Waals surface area contributed by atoms with E-state index in [4.69, 9.17) is 14.2 Å². The van der Waals surface area contributed by atoms with Crippen LogP contribution in [0, 0.1) is 0 Å². The number of ether oxygens (including phenoxy) is 3. The van der Waals surface area contributed by atoms with Crippen LogP contribution in [0.4, 0.5) is 0 Å². The molecule has 0 aliphatic rings. The minimum atomic E-state index is -0.800. The van der Waals surface area contributed by atoms with Crippen molar-refractivity contribution in [1.82, 2.24) is 0 Å².